The largest absolute Gasteiger partial charge is 0.352 e. The number of nitrogens with zero attached hydrogens (tertiary/aromatic N) is 4. The van der Waals surface area contributed by atoms with E-state index in [1.54, 1.807) is 18.4 Å². The van der Waals surface area contributed by atoms with Crippen molar-refractivity contribution in [3.8, 4) is 11.4 Å². The Hall–Kier alpha value is -2.74. The van der Waals surface area contributed by atoms with Crippen LogP contribution >= 0.6 is 11.3 Å². The van der Waals surface area contributed by atoms with Crippen molar-refractivity contribution in [2.75, 3.05) is 7.05 Å². The van der Waals surface area contributed by atoms with Gasteiger partial charge in [0, 0.05) is 24.5 Å². The van der Waals surface area contributed by atoms with Crippen LogP contribution < -0.4 is 10.6 Å². The Morgan fingerprint density at radius 1 is 1.27 bits per heavy atom. The van der Waals surface area contributed by atoms with E-state index in [1.165, 1.54) is 6.33 Å². The summed E-state index contributed by atoms with van der Waals surface area (Å²) in [5.41, 5.74) is 3.28. The number of benzene rings is 1. The Morgan fingerprint density at radius 3 is 2.81 bits per heavy atom. The van der Waals surface area contributed by atoms with Gasteiger partial charge >= 0.3 is 0 Å². The molecule has 2 aromatic heterocycles. The van der Waals surface area contributed by atoms with Crippen LogP contribution in [-0.4, -0.2) is 33.2 Å². The monoisotopic (exact) mass is 369 g/mol. The maximum absolute atomic E-state index is 4.63. The highest BCUT2D eigenvalue weighted by Gasteiger charge is 2.07. The quantitative estimate of drug-likeness (QED) is 0.459. The lowest BCUT2D eigenvalue weighted by atomic mass is 10.1. The number of thiazole rings is 1. The number of aromatic amines is 1. The lowest BCUT2D eigenvalue weighted by Gasteiger charge is -2.11. The van der Waals surface area contributed by atoms with Crippen LogP contribution in [0.1, 0.15) is 36.0 Å². The molecule has 0 aliphatic rings. The van der Waals surface area contributed by atoms with E-state index in [4.69, 9.17) is 0 Å². The summed E-state index contributed by atoms with van der Waals surface area (Å²) in [5, 5.41) is 16.6. The molecule has 26 heavy (non-hydrogen) atoms. The van der Waals surface area contributed by atoms with E-state index in [-0.39, 0.29) is 0 Å². The summed E-state index contributed by atoms with van der Waals surface area (Å²) in [5.74, 6) is 1.96. The van der Waals surface area contributed by atoms with Gasteiger partial charge in [-0.2, -0.15) is 5.10 Å². The number of H-pyrrole nitrogens is 1. The zero-order chi connectivity index (χ0) is 18.4. The van der Waals surface area contributed by atoms with E-state index in [1.807, 2.05) is 12.1 Å². The fourth-order valence-corrected chi connectivity index (χ4v) is 3.31. The molecule has 0 saturated heterocycles. The van der Waals surface area contributed by atoms with E-state index < -0.39 is 0 Å². The highest BCUT2D eigenvalue weighted by Crippen LogP contribution is 2.17. The van der Waals surface area contributed by atoms with Gasteiger partial charge in [0.15, 0.2) is 11.8 Å². The molecule has 0 spiro atoms. The van der Waals surface area contributed by atoms with Crippen molar-refractivity contribution in [1.29, 1.82) is 0 Å². The number of nitrogens with one attached hydrogen (secondary N) is 3. The molecule has 8 heteroatoms. The van der Waals surface area contributed by atoms with Crippen LogP contribution in [0.3, 0.4) is 0 Å². The Balaban J connectivity index is 1.55. The van der Waals surface area contributed by atoms with Crippen LogP contribution in [0.5, 0.6) is 0 Å². The van der Waals surface area contributed by atoms with Crippen molar-refractivity contribution in [3.05, 3.63) is 52.2 Å². The number of rotatable bonds is 6. The van der Waals surface area contributed by atoms with Crippen molar-refractivity contribution >= 4 is 17.3 Å². The summed E-state index contributed by atoms with van der Waals surface area (Å²) in [6, 6.07) is 8.16. The van der Waals surface area contributed by atoms with Gasteiger partial charge in [-0.25, -0.2) is 9.97 Å². The van der Waals surface area contributed by atoms with E-state index in [9.17, 15) is 0 Å². The highest BCUT2D eigenvalue weighted by atomic mass is 32.1. The fraction of sp³-hybridized carbons (Fsp3) is 0.333. The summed E-state index contributed by atoms with van der Waals surface area (Å²) in [4.78, 5) is 13.1. The molecular formula is C18H23N7S. The SMILES string of the molecule is CN=C(NCc1cccc(-c2ncn[nH]2)c1)NCc1nc(C(C)C)cs1. The summed E-state index contributed by atoms with van der Waals surface area (Å²) in [6.45, 7) is 5.63. The zero-order valence-corrected chi connectivity index (χ0v) is 16.0. The third-order valence-corrected chi connectivity index (χ3v) is 4.73. The van der Waals surface area contributed by atoms with E-state index >= 15 is 0 Å². The summed E-state index contributed by atoms with van der Waals surface area (Å²) in [7, 11) is 1.77. The first-order chi connectivity index (χ1) is 12.7. The molecule has 0 atom stereocenters. The highest BCUT2D eigenvalue weighted by molar-refractivity contribution is 7.09. The van der Waals surface area contributed by atoms with Gasteiger partial charge in [-0.3, -0.25) is 10.1 Å². The van der Waals surface area contributed by atoms with E-state index in [2.05, 4.69) is 67.2 Å². The first kappa shape index (κ1) is 18.1. The average Bonchev–Trinajstić information content (AvgIpc) is 3.34. The lowest BCUT2D eigenvalue weighted by molar-refractivity contribution is 0.785. The van der Waals surface area contributed by atoms with Gasteiger partial charge in [-0.05, 0) is 17.5 Å². The predicted molar refractivity (Wildman–Crippen MR) is 105 cm³/mol. The molecule has 0 bridgehead atoms. The number of hydrogen-bond donors (Lipinski definition) is 3. The van der Waals surface area contributed by atoms with Crippen LogP contribution in [0.15, 0.2) is 41.0 Å². The molecule has 0 unspecified atom stereocenters. The van der Waals surface area contributed by atoms with Crippen LogP contribution in [0.4, 0.5) is 0 Å². The minimum Gasteiger partial charge on any atom is -0.352 e. The molecule has 0 saturated carbocycles. The molecule has 0 radical (unpaired) electrons. The summed E-state index contributed by atoms with van der Waals surface area (Å²) < 4.78 is 0. The third-order valence-electron chi connectivity index (χ3n) is 3.87. The number of guanidine groups is 1. The van der Waals surface area contributed by atoms with E-state index in [0.29, 0.717) is 19.0 Å². The van der Waals surface area contributed by atoms with Crippen LogP contribution in [0, 0.1) is 0 Å². The van der Waals surface area contributed by atoms with Gasteiger partial charge in [0.2, 0.25) is 0 Å². The zero-order valence-electron chi connectivity index (χ0n) is 15.2. The Labute approximate surface area is 157 Å². The first-order valence-electron chi connectivity index (χ1n) is 8.49. The Bertz CT molecular complexity index is 852. The molecule has 1 aromatic carbocycles. The molecule has 136 valence electrons. The minimum absolute atomic E-state index is 0.453. The van der Waals surface area contributed by atoms with Crippen LogP contribution in [0.2, 0.25) is 0 Å². The molecule has 0 aliphatic heterocycles. The molecule has 7 nitrogen and oxygen atoms in total. The Kier molecular flexibility index (Phi) is 5.96. The normalized spacial score (nSPS) is 11.8. The van der Waals surface area contributed by atoms with Gasteiger partial charge in [-0.15, -0.1) is 11.3 Å². The van der Waals surface area contributed by atoms with Crippen LogP contribution in [-0.2, 0) is 13.1 Å². The van der Waals surface area contributed by atoms with Crippen molar-refractivity contribution in [2.45, 2.75) is 32.9 Å². The van der Waals surface area contributed by atoms with Crippen molar-refractivity contribution in [1.82, 2.24) is 30.8 Å². The molecule has 0 aliphatic carbocycles. The van der Waals surface area contributed by atoms with Crippen molar-refractivity contribution < 1.29 is 0 Å². The molecular weight excluding hydrogens is 346 g/mol. The topological polar surface area (TPSA) is 90.9 Å². The number of aromatic nitrogens is 4. The second-order valence-corrected chi connectivity index (χ2v) is 7.08. The van der Waals surface area contributed by atoms with Gasteiger partial charge in [0.1, 0.15) is 11.3 Å². The standard InChI is InChI=1S/C18H23N7S/c1-12(2)15-10-26-16(24-15)9-21-18(19-3)20-8-13-5-4-6-14(7-13)17-22-11-23-25-17/h4-7,10-12H,8-9H2,1-3H3,(H2,19,20,21)(H,22,23,25). The summed E-state index contributed by atoms with van der Waals surface area (Å²) in [6.07, 6.45) is 1.51. The number of hydrogen-bond acceptors (Lipinski definition) is 5. The maximum Gasteiger partial charge on any atom is 0.191 e. The van der Waals surface area contributed by atoms with Crippen LogP contribution in [0.25, 0.3) is 11.4 Å². The Morgan fingerprint density at radius 2 is 2.12 bits per heavy atom. The smallest absolute Gasteiger partial charge is 0.191 e. The molecule has 3 rings (SSSR count). The van der Waals surface area contributed by atoms with Gasteiger partial charge in [-0.1, -0.05) is 32.0 Å². The van der Waals surface area contributed by atoms with Crippen molar-refractivity contribution in [2.24, 2.45) is 4.99 Å². The first-order valence-corrected chi connectivity index (χ1v) is 9.37. The second kappa shape index (κ2) is 8.57. The number of aliphatic imine (C=N–C) groups is 1. The minimum atomic E-state index is 0.453. The maximum atomic E-state index is 4.63. The second-order valence-electron chi connectivity index (χ2n) is 6.13. The van der Waals surface area contributed by atoms with Gasteiger partial charge < -0.3 is 10.6 Å². The lowest BCUT2D eigenvalue weighted by Crippen LogP contribution is -2.36. The molecule has 0 amide bonds. The molecule has 0 fully saturated rings. The average molecular weight is 369 g/mol. The van der Waals surface area contributed by atoms with Gasteiger partial charge in [0.05, 0.1) is 12.2 Å². The fourth-order valence-electron chi connectivity index (χ4n) is 2.41. The third kappa shape index (κ3) is 4.66. The van der Waals surface area contributed by atoms with E-state index in [0.717, 1.165) is 33.6 Å². The summed E-state index contributed by atoms with van der Waals surface area (Å²) >= 11 is 1.67. The van der Waals surface area contributed by atoms with Crippen molar-refractivity contribution in [3.63, 3.8) is 0 Å². The predicted octanol–water partition coefficient (Wildman–Crippen LogP) is 2.92. The molecule has 3 aromatic rings. The molecule has 3 N–H and O–H groups in total. The van der Waals surface area contributed by atoms with Gasteiger partial charge in [0.25, 0.3) is 0 Å². The molecule has 2 heterocycles.